The summed E-state index contributed by atoms with van der Waals surface area (Å²) < 4.78 is 10.7. The summed E-state index contributed by atoms with van der Waals surface area (Å²) >= 11 is 3.43. The van der Waals surface area contributed by atoms with Crippen LogP contribution in [0, 0.1) is 5.92 Å². The molecule has 1 aromatic rings. The Morgan fingerprint density at radius 2 is 2.42 bits per heavy atom. The summed E-state index contributed by atoms with van der Waals surface area (Å²) in [4.78, 5) is 12.0. The van der Waals surface area contributed by atoms with Crippen molar-refractivity contribution in [2.45, 2.75) is 18.7 Å². The Balaban J connectivity index is 2.05. The van der Waals surface area contributed by atoms with Crippen LogP contribution in [0.15, 0.2) is 18.2 Å². The molecule has 1 aliphatic rings. The highest BCUT2D eigenvalue weighted by atomic mass is 79.9. The quantitative estimate of drug-likeness (QED) is 0.846. The number of hydrogen-bond acceptors (Lipinski definition) is 3. The molecule has 1 aliphatic heterocycles. The zero-order chi connectivity index (χ0) is 13.7. The van der Waals surface area contributed by atoms with Crippen molar-refractivity contribution in [3.8, 4) is 5.75 Å². The monoisotopic (exact) mass is 327 g/mol. The molecule has 0 saturated carbocycles. The van der Waals surface area contributed by atoms with Crippen LogP contribution in [0.2, 0.25) is 0 Å². The van der Waals surface area contributed by atoms with E-state index in [2.05, 4.69) is 21.2 Å². The van der Waals surface area contributed by atoms with Crippen molar-refractivity contribution in [2.75, 3.05) is 25.1 Å². The third-order valence-corrected chi connectivity index (χ3v) is 3.68. The van der Waals surface area contributed by atoms with Gasteiger partial charge in [-0.05, 0) is 31.5 Å². The maximum Gasteiger partial charge on any atom is 0.229 e. The van der Waals surface area contributed by atoms with Gasteiger partial charge < -0.3 is 14.8 Å². The van der Waals surface area contributed by atoms with Crippen molar-refractivity contribution in [3.05, 3.63) is 23.8 Å². The molecule has 0 bridgehead atoms. The fraction of sp³-hybridized carbons (Fsp3) is 0.500. The van der Waals surface area contributed by atoms with Gasteiger partial charge in [0, 0.05) is 23.2 Å². The second-order valence-electron chi connectivity index (χ2n) is 4.44. The molecule has 4 nitrogen and oxygen atoms in total. The lowest BCUT2D eigenvalue weighted by molar-refractivity contribution is -0.119. The molecular formula is C14H18BrNO3. The second kappa shape index (κ2) is 6.91. The van der Waals surface area contributed by atoms with E-state index in [1.54, 1.807) is 0 Å². The van der Waals surface area contributed by atoms with Crippen LogP contribution in [0.3, 0.4) is 0 Å². The molecule has 0 aliphatic carbocycles. The highest BCUT2D eigenvalue weighted by Crippen LogP contribution is 2.26. The van der Waals surface area contributed by atoms with Crippen LogP contribution >= 0.6 is 15.9 Å². The molecule has 104 valence electrons. The number of carbonyl (C=O) groups is 1. The Morgan fingerprint density at radius 3 is 3.05 bits per heavy atom. The molecule has 0 spiro atoms. The van der Waals surface area contributed by atoms with E-state index in [1.165, 1.54) is 0 Å². The van der Waals surface area contributed by atoms with Crippen LogP contribution in [-0.4, -0.2) is 25.7 Å². The zero-order valence-corrected chi connectivity index (χ0v) is 12.5. The zero-order valence-electron chi connectivity index (χ0n) is 10.9. The fourth-order valence-electron chi connectivity index (χ4n) is 2.04. The second-order valence-corrected chi connectivity index (χ2v) is 5.00. The van der Waals surface area contributed by atoms with Gasteiger partial charge in [0.2, 0.25) is 5.91 Å². The van der Waals surface area contributed by atoms with Gasteiger partial charge >= 0.3 is 0 Å². The number of nitrogens with one attached hydrogen (secondary N) is 1. The first-order valence-electron chi connectivity index (χ1n) is 6.45. The molecule has 5 heteroatoms. The van der Waals surface area contributed by atoms with Gasteiger partial charge in [-0.3, -0.25) is 4.79 Å². The van der Waals surface area contributed by atoms with Crippen LogP contribution in [0.25, 0.3) is 0 Å². The third-order valence-electron chi connectivity index (χ3n) is 3.07. The van der Waals surface area contributed by atoms with Crippen molar-refractivity contribution in [2.24, 2.45) is 5.92 Å². The molecule has 1 N–H and O–H groups in total. The topological polar surface area (TPSA) is 47.6 Å². The van der Waals surface area contributed by atoms with Crippen LogP contribution in [0.4, 0.5) is 5.69 Å². The van der Waals surface area contributed by atoms with Crippen molar-refractivity contribution >= 4 is 27.5 Å². The molecule has 0 aromatic heterocycles. The summed E-state index contributed by atoms with van der Waals surface area (Å²) in [6, 6.07) is 5.69. The van der Waals surface area contributed by atoms with E-state index in [1.807, 2.05) is 25.1 Å². The molecule has 19 heavy (non-hydrogen) atoms. The van der Waals surface area contributed by atoms with Gasteiger partial charge in [-0.25, -0.2) is 0 Å². The summed E-state index contributed by atoms with van der Waals surface area (Å²) in [7, 11) is 0. The lowest BCUT2D eigenvalue weighted by Gasteiger charge is -2.13. The van der Waals surface area contributed by atoms with Crippen molar-refractivity contribution in [1.82, 2.24) is 0 Å². The van der Waals surface area contributed by atoms with Gasteiger partial charge in [0.25, 0.3) is 0 Å². The van der Waals surface area contributed by atoms with E-state index in [0.717, 1.165) is 23.4 Å². The summed E-state index contributed by atoms with van der Waals surface area (Å²) in [5.41, 5.74) is 1.83. The molecule has 1 aromatic carbocycles. The van der Waals surface area contributed by atoms with E-state index >= 15 is 0 Å². The molecule has 0 radical (unpaired) electrons. The molecule has 1 unspecified atom stereocenters. The molecule has 1 heterocycles. The van der Waals surface area contributed by atoms with Gasteiger partial charge in [0.15, 0.2) is 0 Å². The normalized spacial score (nSPS) is 18.3. The van der Waals surface area contributed by atoms with Crippen molar-refractivity contribution in [3.63, 3.8) is 0 Å². The van der Waals surface area contributed by atoms with E-state index in [9.17, 15) is 4.79 Å². The first-order valence-corrected chi connectivity index (χ1v) is 7.57. The minimum Gasteiger partial charge on any atom is -0.494 e. The fourth-order valence-corrected chi connectivity index (χ4v) is 2.48. The standard InChI is InChI=1S/C14H18BrNO3/c1-2-19-13-4-3-12(7-11(13)8-15)16-14(17)10-5-6-18-9-10/h3-4,7,10H,2,5-6,8-9H2,1H3,(H,16,17). The highest BCUT2D eigenvalue weighted by Gasteiger charge is 2.23. The minimum atomic E-state index is -0.0287. The number of halogens is 1. The smallest absolute Gasteiger partial charge is 0.229 e. The summed E-state index contributed by atoms with van der Waals surface area (Å²) in [6.45, 7) is 3.78. The van der Waals surface area contributed by atoms with E-state index in [0.29, 0.717) is 25.2 Å². The van der Waals surface area contributed by atoms with E-state index < -0.39 is 0 Å². The maximum absolute atomic E-state index is 12.0. The third kappa shape index (κ3) is 3.70. The Morgan fingerprint density at radius 1 is 1.58 bits per heavy atom. The summed E-state index contributed by atoms with van der Waals surface area (Å²) in [6.07, 6.45) is 0.800. The SMILES string of the molecule is CCOc1ccc(NC(=O)C2CCOC2)cc1CBr. The average molecular weight is 328 g/mol. The number of ether oxygens (including phenoxy) is 2. The van der Waals surface area contributed by atoms with Crippen LogP contribution in [0.1, 0.15) is 18.9 Å². The lowest BCUT2D eigenvalue weighted by atomic mass is 10.1. The van der Waals surface area contributed by atoms with Crippen LogP contribution < -0.4 is 10.1 Å². The Hall–Kier alpha value is -1.07. The van der Waals surface area contributed by atoms with Crippen LogP contribution in [0.5, 0.6) is 5.75 Å². The van der Waals surface area contributed by atoms with Gasteiger partial charge in [0.1, 0.15) is 5.75 Å². The first-order chi connectivity index (χ1) is 9.24. The largest absolute Gasteiger partial charge is 0.494 e. The van der Waals surface area contributed by atoms with Crippen molar-refractivity contribution < 1.29 is 14.3 Å². The van der Waals surface area contributed by atoms with Gasteiger partial charge in [0.05, 0.1) is 19.1 Å². The molecule has 1 saturated heterocycles. The summed E-state index contributed by atoms with van der Waals surface area (Å²) in [5.74, 6) is 0.850. The van der Waals surface area contributed by atoms with E-state index in [-0.39, 0.29) is 11.8 Å². The van der Waals surface area contributed by atoms with Crippen LogP contribution in [-0.2, 0) is 14.9 Å². The molecular weight excluding hydrogens is 310 g/mol. The number of anilines is 1. The number of hydrogen-bond donors (Lipinski definition) is 1. The average Bonchev–Trinajstić information content (AvgIpc) is 2.94. The Bertz CT molecular complexity index is 444. The van der Waals surface area contributed by atoms with Gasteiger partial charge in [-0.2, -0.15) is 0 Å². The number of carbonyl (C=O) groups excluding carboxylic acids is 1. The minimum absolute atomic E-state index is 0.0287. The highest BCUT2D eigenvalue weighted by molar-refractivity contribution is 9.08. The number of amides is 1. The predicted molar refractivity (Wildman–Crippen MR) is 77.8 cm³/mol. The maximum atomic E-state index is 12.0. The predicted octanol–water partition coefficient (Wildman–Crippen LogP) is 2.96. The molecule has 2 rings (SSSR count). The number of benzene rings is 1. The first kappa shape index (κ1) is 14.3. The Kier molecular flexibility index (Phi) is 5.22. The number of rotatable bonds is 5. The molecule has 1 fully saturated rings. The summed E-state index contributed by atoms with van der Waals surface area (Å²) in [5, 5.41) is 3.63. The van der Waals surface area contributed by atoms with E-state index in [4.69, 9.17) is 9.47 Å². The molecule has 1 atom stereocenters. The molecule has 1 amide bonds. The lowest BCUT2D eigenvalue weighted by Crippen LogP contribution is -2.22. The van der Waals surface area contributed by atoms with Gasteiger partial charge in [-0.15, -0.1) is 0 Å². The van der Waals surface area contributed by atoms with Gasteiger partial charge in [-0.1, -0.05) is 15.9 Å². The van der Waals surface area contributed by atoms with Crippen molar-refractivity contribution in [1.29, 1.82) is 0 Å². The Labute approximate surface area is 121 Å². The number of alkyl halides is 1.